The first-order chi connectivity index (χ1) is 10.8. The summed E-state index contributed by atoms with van der Waals surface area (Å²) in [5.74, 6) is 0.755. The molecule has 1 heterocycles. The summed E-state index contributed by atoms with van der Waals surface area (Å²) < 4.78 is 0.166. The second kappa shape index (κ2) is 7.50. The fourth-order valence-electron chi connectivity index (χ4n) is 2.01. The van der Waals surface area contributed by atoms with Crippen LogP contribution in [0.3, 0.4) is 0 Å². The molecule has 0 spiro atoms. The fraction of sp³-hybridized carbons (Fsp3) is 0.438. The number of nitrogens with zero attached hydrogens (tertiary/aromatic N) is 2. The number of aromatic amines is 1. The van der Waals surface area contributed by atoms with Crippen LogP contribution in [0.4, 0.5) is 10.5 Å². The molecule has 2 aromatic rings. The van der Waals surface area contributed by atoms with Crippen LogP contribution >= 0.6 is 11.8 Å². The Morgan fingerprint density at radius 2 is 2.13 bits per heavy atom. The van der Waals surface area contributed by atoms with Crippen LogP contribution in [0.15, 0.2) is 29.4 Å². The van der Waals surface area contributed by atoms with Crippen LogP contribution in [-0.4, -0.2) is 32.5 Å². The third-order valence-corrected chi connectivity index (χ3v) is 4.08. The van der Waals surface area contributed by atoms with E-state index in [1.165, 1.54) is 11.2 Å². The largest absolute Gasteiger partial charge is 0.337 e. The highest BCUT2D eigenvalue weighted by Gasteiger charge is 2.13. The zero-order valence-corrected chi connectivity index (χ0v) is 14.8. The first-order valence-corrected chi connectivity index (χ1v) is 8.34. The van der Waals surface area contributed by atoms with Gasteiger partial charge in [0.15, 0.2) is 0 Å². The molecule has 6 nitrogen and oxygen atoms in total. The van der Waals surface area contributed by atoms with Gasteiger partial charge in [0.25, 0.3) is 0 Å². The lowest BCUT2D eigenvalue weighted by Gasteiger charge is -2.18. The van der Waals surface area contributed by atoms with Gasteiger partial charge in [-0.3, -0.25) is 5.10 Å². The number of rotatable bonds is 5. The molecule has 7 heteroatoms. The number of nitrogens with one attached hydrogen (secondary N) is 3. The Morgan fingerprint density at radius 3 is 2.74 bits per heavy atom. The zero-order chi connectivity index (χ0) is 16.9. The SMILES string of the molecule is Cc1cc(SC(C)(C)C)ccc1NC(=O)NCCc1ncn[nH]1. The molecule has 0 fully saturated rings. The molecule has 0 radical (unpaired) electrons. The average molecular weight is 333 g/mol. The quantitative estimate of drug-likeness (QED) is 0.733. The van der Waals surface area contributed by atoms with E-state index in [4.69, 9.17) is 0 Å². The van der Waals surface area contributed by atoms with Crippen molar-refractivity contribution in [2.75, 3.05) is 11.9 Å². The zero-order valence-electron chi connectivity index (χ0n) is 13.9. The molecule has 23 heavy (non-hydrogen) atoms. The van der Waals surface area contributed by atoms with Crippen molar-refractivity contribution < 1.29 is 4.79 Å². The first-order valence-electron chi connectivity index (χ1n) is 7.52. The molecule has 124 valence electrons. The number of thioether (sulfide) groups is 1. The van der Waals surface area contributed by atoms with Crippen LogP contribution in [0.2, 0.25) is 0 Å². The fourth-order valence-corrected chi connectivity index (χ4v) is 3.08. The minimum Gasteiger partial charge on any atom is -0.337 e. The normalized spacial score (nSPS) is 11.3. The lowest BCUT2D eigenvalue weighted by Crippen LogP contribution is -2.30. The number of carbonyl (C=O) groups excluding carboxylic acids is 1. The number of benzene rings is 1. The molecule has 0 saturated heterocycles. The van der Waals surface area contributed by atoms with Crippen LogP contribution in [0, 0.1) is 6.92 Å². The van der Waals surface area contributed by atoms with Crippen LogP contribution < -0.4 is 10.6 Å². The Morgan fingerprint density at radius 1 is 1.35 bits per heavy atom. The summed E-state index contributed by atoms with van der Waals surface area (Å²) in [7, 11) is 0. The van der Waals surface area contributed by atoms with Gasteiger partial charge in [0.2, 0.25) is 0 Å². The second-order valence-electron chi connectivity index (χ2n) is 6.25. The molecule has 0 aliphatic rings. The number of aryl methyl sites for hydroxylation is 1. The standard InChI is InChI=1S/C16H23N5OS/c1-11-9-12(23-16(2,3)4)5-6-13(11)20-15(22)17-8-7-14-18-10-19-21-14/h5-6,9-10H,7-8H2,1-4H3,(H2,17,20,22)(H,18,19,21). The lowest BCUT2D eigenvalue weighted by molar-refractivity contribution is 0.252. The van der Waals surface area contributed by atoms with E-state index in [2.05, 4.69) is 52.7 Å². The van der Waals surface area contributed by atoms with Crippen molar-refractivity contribution in [3.63, 3.8) is 0 Å². The van der Waals surface area contributed by atoms with Gasteiger partial charge in [-0.05, 0) is 30.7 Å². The van der Waals surface area contributed by atoms with Crippen molar-refractivity contribution in [2.45, 2.75) is 43.8 Å². The van der Waals surface area contributed by atoms with Gasteiger partial charge < -0.3 is 10.6 Å². The number of hydrogen-bond donors (Lipinski definition) is 3. The number of aromatic nitrogens is 3. The van der Waals surface area contributed by atoms with Crippen LogP contribution in [0.5, 0.6) is 0 Å². The van der Waals surface area contributed by atoms with E-state index in [0.717, 1.165) is 17.1 Å². The van der Waals surface area contributed by atoms with Gasteiger partial charge in [-0.25, -0.2) is 9.78 Å². The molecular weight excluding hydrogens is 310 g/mol. The van der Waals surface area contributed by atoms with Crippen LogP contribution in [0.1, 0.15) is 32.2 Å². The van der Waals surface area contributed by atoms with E-state index in [0.29, 0.717) is 13.0 Å². The summed E-state index contributed by atoms with van der Waals surface area (Å²) in [5, 5.41) is 12.2. The summed E-state index contributed by atoms with van der Waals surface area (Å²) in [6.45, 7) is 9.04. The van der Waals surface area contributed by atoms with Crippen molar-refractivity contribution in [3.05, 3.63) is 35.9 Å². The topological polar surface area (TPSA) is 82.7 Å². The number of H-pyrrole nitrogens is 1. The summed E-state index contributed by atoms with van der Waals surface area (Å²) in [6.07, 6.45) is 2.07. The Hall–Kier alpha value is -2.02. The summed E-state index contributed by atoms with van der Waals surface area (Å²) in [5.41, 5.74) is 1.87. The Balaban J connectivity index is 1.85. The monoisotopic (exact) mass is 333 g/mol. The molecule has 0 bridgehead atoms. The minimum atomic E-state index is -0.219. The average Bonchev–Trinajstić information content (AvgIpc) is 2.93. The number of amides is 2. The van der Waals surface area contributed by atoms with Crippen LogP contribution in [0.25, 0.3) is 0 Å². The summed E-state index contributed by atoms with van der Waals surface area (Å²) in [4.78, 5) is 17.1. The molecule has 0 aliphatic heterocycles. The number of hydrogen-bond acceptors (Lipinski definition) is 4. The highest BCUT2D eigenvalue weighted by molar-refractivity contribution is 8.00. The third kappa shape index (κ3) is 5.94. The third-order valence-electron chi connectivity index (χ3n) is 2.98. The van der Waals surface area contributed by atoms with Gasteiger partial charge in [0.1, 0.15) is 12.2 Å². The van der Waals surface area contributed by atoms with Crippen molar-refractivity contribution >= 4 is 23.5 Å². The first kappa shape index (κ1) is 17.3. The summed E-state index contributed by atoms with van der Waals surface area (Å²) in [6, 6.07) is 5.86. The van der Waals surface area contributed by atoms with Crippen molar-refractivity contribution in [2.24, 2.45) is 0 Å². The molecular formula is C16H23N5OS. The molecule has 2 amide bonds. The maximum atomic E-state index is 11.9. The molecule has 1 aromatic carbocycles. The van der Waals surface area contributed by atoms with Gasteiger partial charge in [0, 0.05) is 28.3 Å². The minimum absolute atomic E-state index is 0.166. The smallest absolute Gasteiger partial charge is 0.319 e. The number of anilines is 1. The highest BCUT2D eigenvalue weighted by atomic mass is 32.2. The van der Waals surface area contributed by atoms with Gasteiger partial charge in [0.05, 0.1) is 0 Å². The van der Waals surface area contributed by atoms with Gasteiger partial charge in [-0.15, -0.1) is 11.8 Å². The van der Waals surface area contributed by atoms with E-state index in [-0.39, 0.29) is 10.8 Å². The maximum Gasteiger partial charge on any atom is 0.319 e. The molecule has 0 saturated carbocycles. The molecule has 0 unspecified atom stereocenters. The second-order valence-corrected chi connectivity index (χ2v) is 8.15. The Labute approximate surface area is 140 Å². The van der Waals surface area contributed by atoms with E-state index >= 15 is 0 Å². The predicted molar refractivity (Wildman–Crippen MR) is 93.9 cm³/mol. The molecule has 3 N–H and O–H groups in total. The molecule has 0 atom stereocenters. The summed E-state index contributed by atoms with van der Waals surface area (Å²) >= 11 is 1.81. The highest BCUT2D eigenvalue weighted by Crippen LogP contribution is 2.33. The maximum absolute atomic E-state index is 11.9. The van der Waals surface area contributed by atoms with E-state index in [1.54, 1.807) is 0 Å². The van der Waals surface area contributed by atoms with E-state index in [9.17, 15) is 4.79 Å². The van der Waals surface area contributed by atoms with Gasteiger partial charge >= 0.3 is 6.03 Å². The van der Waals surface area contributed by atoms with E-state index in [1.807, 2.05) is 30.8 Å². The molecule has 1 aromatic heterocycles. The van der Waals surface area contributed by atoms with Gasteiger partial charge in [-0.1, -0.05) is 20.8 Å². The molecule has 0 aliphatic carbocycles. The number of urea groups is 1. The van der Waals surface area contributed by atoms with Crippen molar-refractivity contribution in [1.29, 1.82) is 0 Å². The number of carbonyl (C=O) groups is 1. The Bertz CT molecular complexity index is 649. The van der Waals surface area contributed by atoms with Gasteiger partial charge in [-0.2, -0.15) is 5.10 Å². The Kier molecular flexibility index (Phi) is 5.65. The van der Waals surface area contributed by atoms with Crippen LogP contribution in [-0.2, 0) is 6.42 Å². The van der Waals surface area contributed by atoms with Crippen molar-refractivity contribution in [1.82, 2.24) is 20.5 Å². The predicted octanol–water partition coefficient (Wildman–Crippen LogP) is 3.37. The van der Waals surface area contributed by atoms with E-state index < -0.39 is 0 Å². The van der Waals surface area contributed by atoms with Crippen molar-refractivity contribution in [3.8, 4) is 0 Å². The lowest BCUT2D eigenvalue weighted by atomic mass is 10.2. The molecule has 2 rings (SSSR count).